The van der Waals surface area contributed by atoms with E-state index in [-0.39, 0.29) is 18.0 Å². The molecule has 0 fully saturated rings. The number of nitrogens with one attached hydrogen (secondary N) is 3. The van der Waals surface area contributed by atoms with Crippen LogP contribution in [0.3, 0.4) is 0 Å². The summed E-state index contributed by atoms with van der Waals surface area (Å²) < 4.78 is 3.03. The Morgan fingerprint density at radius 2 is 1.78 bits per heavy atom. The van der Waals surface area contributed by atoms with Gasteiger partial charge in [-0.1, -0.05) is 23.5 Å². The first kappa shape index (κ1) is 18.7. The SMILES string of the molecule is CC(C)NC(=O)Nc1ccc(C(=O)NN=c2sc3ccccc3n2C)cc1. The number of carbonyl (C=O) groups excluding carboxylic acids is 2. The summed E-state index contributed by atoms with van der Waals surface area (Å²) in [5, 5.41) is 9.68. The fourth-order valence-electron chi connectivity index (χ4n) is 2.49. The first-order valence-corrected chi connectivity index (χ1v) is 9.32. The van der Waals surface area contributed by atoms with Crippen molar-refractivity contribution in [1.29, 1.82) is 0 Å². The lowest BCUT2D eigenvalue weighted by Gasteiger charge is -2.10. The van der Waals surface area contributed by atoms with E-state index in [1.165, 1.54) is 11.3 Å². The van der Waals surface area contributed by atoms with Crippen LogP contribution in [0.5, 0.6) is 0 Å². The number of anilines is 1. The lowest BCUT2D eigenvalue weighted by molar-refractivity contribution is 0.0953. The van der Waals surface area contributed by atoms with Gasteiger partial charge in [-0.25, -0.2) is 10.2 Å². The number of benzene rings is 2. The number of amides is 3. The second-order valence-electron chi connectivity index (χ2n) is 6.29. The largest absolute Gasteiger partial charge is 0.336 e. The maximum absolute atomic E-state index is 12.3. The van der Waals surface area contributed by atoms with E-state index in [1.54, 1.807) is 24.3 Å². The molecule has 0 unspecified atom stereocenters. The summed E-state index contributed by atoms with van der Waals surface area (Å²) in [4.78, 5) is 24.7. The number of fused-ring (bicyclic) bond motifs is 1. The van der Waals surface area contributed by atoms with Crippen molar-refractivity contribution >= 4 is 39.2 Å². The second kappa shape index (κ2) is 8.05. The standard InChI is InChI=1S/C19H21N5O2S/c1-12(2)20-18(26)21-14-10-8-13(9-11-14)17(25)22-23-19-24(3)15-6-4-5-7-16(15)27-19/h4-12H,1-3H3,(H,22,25)(H2,20,21,26). The van der Waals surface area contributed by atoms with Crippen LogP contribution in [0.1, 0.15) is 24.2 Å². The topological polar surface area (TPSA) is 87.5 Å². The summed E-state index contributed by atoms with van der Waals surface area (Å²) in [6.45, 7) is 3.76. The Labute approximate surface area is 160 Å². The van der Waals surface area contributed by atoms with Crippen LogP contribution < -0.4 is 20.9 Å². The molecule has 0 atom stereocenters. The number of aryl methyl sites for hydroxylation is 1. The van der Waals surface area contributed by atoms with Crippen molar-refractivity contribution in [2.24, 2.45) is 12.1 Å². The van der Waals surface area contributed by atoms with Gasteiger partial charge < -0.3 is 15.2 Å². The molecule has 0 saturated carbocycles. The van der Waals surface area contributed by atoms with E-state index in [0.717, 1.165) is 10.2 Å². The lowest BCUT2D eigenvalue weighted by Crippen LogP contribution is -2.34. The number of thiazole rings is 1. The van der Waals surface area contributed by atoms with E-state index in [2.05, 4.69) is 21.2 Å². The summed E-state index contributed by atoms with van der Waals surface area (Å²) in [7, 11) is 1.91. The molecule has 0 aliphatic heterocycles. The molecule has 3 aromatic rings. The van der Waals surface area contributed by atoms with Gasteiger partial charge >= 0.3 is 6.03 Å². The van der Waals surface area contributed by atoms with E-state index >= 15 is 0 Å². The van der Waals surface area contributed by atoms with Gasteiger partial charge in [0.05, 0.1) is 10.2 Å². The van der Waals surface area contributed by atoms with Crippen molar-refractivity contribution in [2.45, 2.75) is 19.9 Å². The number of nitrogens with zero attached hydrogens (tertiary/aromatic N) is 2. The van der Waals surface area contributed by atoms with E-state index in [1.807, 2.05) is 49.7 Å². The van der Waals surface area contributed by atoms with Crippen LogP contribution in [0.2, 0.25) is 0 Å². The van der Waals surface area contributed by atoms with Crippen LogP contribution in [0, 0.1) is 0 Å². The van der Waals surface area contributed by atoms with Crippen LogP contribution in [0.4, 0.5) is 10.5 Å². The zero-order valence-corrected chi connectivity index (χ0v) is 16.1. The molecule has 1 heterocycles. The van der Waals surface area contributed by atoms with Gasteiger partial charge in [0, 0.05) is 24.3 Å². The van der Waals surface area contributed by atoms with Gasteiger partial charge in [-0.2, -0.15) is 0 Å². The van der Waals surface area contributed by atoms with Crippen molar-refractivity contribution in [3.63, 3.8) is 0 Å². The molecule has 8 heteroatoms. The number of para-hydroxylation sites is 1. The van der Waals surface area contributed by atoms with Crippen LogP contribution in [-0.4, -0.2) is 22.5 Å². The zero-order valence-electron chi connectivity index (χ0n) is 15.3. The van der Waals surface area contributed by atoms with E-state index in [9.17, 15) is 9.59 Å². The van der Waals surface area contributed by atoms with Gasteiger partial charge in [-0.3, -0.25) is 4.79 Å². The van der Waals surface area contributed by atoms with Crippen molar-refractivity contribution in [1.82, 2.24) is 15.3 Å². The van der Waals surface area contributed by atoms with Gasteiger partial charge in [0.2, 0.25) is 4.80 Å². The molecule has 27 heavy (non-hydrogen) atoms. The molecule has 0 spiro atoms. The fraction of sp³-hybridized carbons (Fsp3) is 0.211. The molecule has 3 rings (SSSR count). The van der Waals surface area contributed by atoms with Crippen molar-refractivity contribution in [3.8, 4) is 0 Å². The average Bonchev–Trinajstić information content (AvgIpc) is 2.96. The Balaban J connectivity index is 1.69. The van der Waals surface area contributed by atoms with E-state index in [0.29, 0.717) is 16.1 Å². The number of hydrogen-bond donors (Lipinski definition) is 3. The fourth-order valence-corrected chi connectivity index (χ4v) is 3.47. The first-order chi connectivity index (χ1) is 12.9. The van der Waals surface area contributed by atoms with Gasteiger partial charge in [0.15, 0.2) is 0 Å². The van der Waals surface area contributed by atoms with Gasteiger partial charge in [-0.05, 0) is 50.2 Å². The monoisotopic (exact) mass is 383 g/mol. The second-order valence-corrected chi connectivity index (χ2v) is 7.30. The summed E-state index contributed by atoms with van der Waals surface area (Å²) in [6.07, 6.45) is 0. The number of rotatable bonds is 4. The maximum atomic E-state index is 12.3. The lowest BCUT2D eigenvalue weighted by atomic mass is 10.2. The molecule has 3 N–H and O–H groups in total. The highest BCUT2D eigenvalue weighted by Gasteiger charge is 2.07. The van der Waals surface area contributed by atoms with Gasteiger partial charge in [0.25, 0.3) is 5.91 Å². The zero-order chi connectivity index (χ0) is 19.4. The number of urea groups is 1. The average molecular weight is 383 g/mol. The smallest absolute Gasteiger partial charge is 0.319 e. The molecule has 1 aromatic heterocycles. The molecular weight excluding hydrogens is 362 g/mol. The van der Waals surface area contributed by atoms with Crippen LogP contribution in [0.15, 0.2) is 53.6 Å². The predicted octanol–water partition coefficient (Wildman–Crippen LogP) is 3.02. The first-order valence-electron chi connectivity index (χ1n) is 8.50. The quantitative estimate of drug-likeness (QED) is 0.605. The molecule has 0 saturated heterocycles. The van der Waals surface area contributed by atoms with E-state index < -0.39 is 0 Å². The molecule has 0 aliphatic rings. The van der Waals surface area contributed by atoms with Crippen molar-refractivity contribution in [2.75, 3.05) is 5.32 Å². The number of carbonyl (C=O) groups is 2. The third-order valence-electron chi connectivity index (χ3n) is 3.79. The van der Waals surface area contributed by atoms with Crippen molar-refractivity contribution in [3.05, 3.63) is 58.9 Å². The van der Waals surface area contributed by atoms with E-state index in [4.69, 9.17) is 0 Å². The molecule has 0 aliphatic carbocycles. The summed E-state index contributed by atoms with van der Waals surface area (Å²) in [5.74, 6) is -0.314. The van der Waals surface area contributed by atoms with Crippen LogP contribution in [0.25, 0.3) is 10.2 Å². The maximum Gasteiger partial charge on any atom is 0.319 e. The molecule has 3 amide bonds. The van der Waals surface area contributed by atoms with Gasteiger partial charge in [-0.15, -0.1) is 5.10 Å². The van der Waals surface area contributed by atoms with Gasteiger partial charge in [0.1, 0.15) is 0 Å². The molecule has 140 valence electrons. The minimum atomic E-state index is -0.314. The molecule has 7 nitrogen and oxygen atoms in total. The summed E-state index contributed by atoms with van der Waals surface area (Å²) in [5.41, 5.74) is 4.70. The number of hydrogen-bond acceptors (Lipinski definition) is 4. The Bertz CT molecular complexity index is 1030. The highest BCUT2D eigenvalue weighted by atomic mass is 32.1. The summed E-state index contributed by atoms with van der Waals surface area (Å²) >= 11 is 1.50. The third kappa shape index (κ3) is 4.53. The van der Waals surface area contributed by atoms with Crippen LogP contribution in [-0.2, 0) is 7.05 Å². The Morgan fingerprint density at radius 1 is 1.07 bits per heavy atom. The highest BCUT2D eigenvalue weighted by Crippen LogP contribution is 2.15. The minimum absolute atomic E-state index is 0.0480. The van der Waals surface area contributed by atoms with Crippen LogP contribution >= 0.6 is 11.3 Å². The molecule has 2 aromatic carbocycles. The number of aromatic nitrogens is 1. The normalized spacial score (nSPS) is 11.6. The minimum Gasteiger partial charge on any atom is -0.336 e. The molecule has 0 bridgehead atoms. The molecule has 0 radical (unpaired) electrons. The molecular formula is C19H21N5O2S. The van der Waals surface area contributed by atoms with Crippen molar-refractivity contribution < 1.29 is 9.59 Å². The third-order valence-corrected chi connectivity index (χ3v) is 4.91. The Kier molecular flexibility index (Phi) is 5.56. The highest BCUT2D eigenvalue weighted by molar-refractivity contribution is 7.16. The Morgan fingerprint density at radius 3 is 2.44 bits per heavy atom. The Hall–Kier alpha value is -3.13. The predicted molar refractivity (Wildman–Crippen MR) is 108 cm³/mol. The summed E-state index contributed by atoms with van der Waals surface area (Å²) in [6, 6.07) is 14.4.